The van der Waals surface area contributed by atoms with E-state index in [-0.39, 0.29) is 5.91 Å². The number of amides is 1. The van der Waals surface area contributed by atoms with E-state index in [1.165, 1.54) is 16.7 Å². The molecule has 1 fully saturated rings. The van der Waals surface area contributed by atoms with E-state index in [9.17, 15) is 4.79 Å². The van der Waals surface area contributed by atoms with E-state index in [0.717, 1.165) is 22.1 Å². The van der Waals surface area contributed by atoms with Crippen LogP contribution in [0.25, 0.3) is 28.2 Å². The van der Waals surface area contributed by atoms with Gasteiger partial charge < -0.3 is 9.73 Å². The van der Waals surface area contributed by atoms with Crippen molar-refractivity contribution in [2.24, 2.45) is 0 Å². The molecule has 0 bridgehead atoms. The number of thiocarbonyl (C=S) groups is 1. The third-order valence-electron chi connectivity index (χ3n) is 3.76. The quantitative estimate of drug-likeness (QED) is 0.401. The van der Waals surface area contributed by atoms with Crippen LogP contribution in [0.2, 0.25) is 0 Å². The first-order valence-electron chi connectivity index (χ1n) is 7.41. The number of thioether (sulfide) groups is 2. The SMILES string of the molecule is CSc1ccc(-c2cncc3cc(C=C4SC(=S)NC4=O)oc23)cc1. The van der Waals surface area contributed by atoms with Gasteiger partial charge in [0.1, 0.15) is 15.7 Å². The summed E-state index contributed by atoms with van der Waals surface area (Å²) < 4.78 is 6.46. The highest BCUT2D eigenvalue weighted by Gasteiger charge is 2.22. The molecule has 25 heavy (non-hydrogen) atoms. The molecule has 0 unspecified atom stereocenters. The smallest absolute Gasteiger partial charge is 0.263 e. The standard InChI is InChI=1S/C18H12N2O2S3/c1-24-13-4-2-10(3-5-13)14-9-19-8-11-6-12(22-16(11)14)7-15-17(21)20-18(23)25-15/h2-9H,1H3,(H,20,21,23). The van der Waals surface area contributed by atoms with Crippen LogP contribution in [0.15, 0.2) is 56.9 Å². The second-order valence-electron chi connectivity index (χ2n) is 5.33. The lowest BCUT2D eigenvalue weighted by atomic mass is 10.1. The summed E-state index contributed by atoms with van der Waals surface area (Å²) in [5.41, 5.74) is 2.72. The Morgan fingerprint density at radius 3 is 2.76 bits per heavy atom. The Morgan fingerprint density at radius 2 is 2.08 bits per heavy atom. The van der Waals surface area contributed by atoms with E-state index in [2.05, 4.69) is 34.6 Å². The van der Waals surface area contributed by atoms with Gasteiger partial charge in [0.2, 0.25) is 0 Å². The van der Waals surface area contributed by atoms with Crippen molar-refractivity contribution in [3.8, 4) is 11.1 Å². The van der Waals surface area contributed by atoms with Gasteiger partial charge in [-0.05, 0) is 30.0 Å². The van der Waals surface area contributed by atoms with Crippen molar-refractivity contribution < 1.29 is 9.21 Å². The van der Waals surface area contributed by atoms with Gasteiger partial charge in [-0.2, -0.15) is 0 Å². The number of benzene rings is 1. The molecule has 7 heteroatoms. The van der Waals surface area contributed by atoms with Crippen LogP contribution in [-0.2, 0) is 4.79 Å². The summed E-state index contributed by atoms with van der Waals surface area (Å²) in [6, 6.07) is 10.1. The number of furan rings is 1. The molecule has 1 aromatic carbocycles. The number of carbonyl (C=O) groups excluding carboxylic acids is 1. The van der Waals surface area contributed by atoms with Crippen LogP contribution >= 0.6 is 35.7 Å². The maximum Gasteiger partial charge on any atom is 0.263 e. The predicted molar refractivity (Wildman–Crippen MR) is 108 cm³/mol. The molecule has 0 aliphatic carbocycles. The van der Waals surface area contributed by atoms with E-state index >= 15 is 0 Å². The molecular weight excluding hydrogens is 372 g/mol. The first kappa shape index (κ1) is 16.4. The molecule has 1 amide bonds. The Labute approximate surface area is 158 Å². The van der Waals surface area contributed by atoms with Crippen molar-refractivity contribution in [3.63, 3.8) is 0 Å². The van der Waals surface area contributed by atoms with E-state index in [4.69, 9.17) is 16.6 Å². The molecule has 3 aromatic rings. The highest BCUT2D eigenvalue weighted by molar-refractivity contribution is 8.26. The molecule has 0 spiro atoms. The average Bonchev–Trinajstić information content (AvgIpc) is 3.17. The minimum Gasteiger partial charge on any atom is -0.456 e. The van der Waals surface area contributed by atoms with Crippen LogP contribution in [0.1, 0.15) is 5.76 Å². The minimum absolute atomic E-state index is 0.193. The third kappa shape index (κ3) is 3.22. The second-order valence-corrected chi connectivity index (χ2v) is 7.93. The fourth-order valence-corrected chi connectivity index (χ4v) is 4.01. The van der Waals surface area contributed by atoms with Gasteiger partial charge in [0.05, 0.1) is 4.91 Å². The summed E-state index contributed by atoms with van der Waals surface area (Å²) in [5, 5.41) is 3.49. The van der Waals surface area contributed by atoms with Crippen molar-refractivity contribution in [1.82, 2.24) is 10.3 Å². The number of nitrogens with one attached hydrogen (secondary N) is 1. The second kappa shape index (κ2) is 6.67. The lowest BCUT2D eigenvalue weighted by molar-refractivity contribution is -0.115. The average molecular weight is 385 g/mol. The van der Waals surface area contributed by atoms with Gasteiger partial charge in [0.25, 0.3) is 5.91 Å². The Balaban J connectivity index is 1.77. The fraction of sp³-hybridized carbons (Fsp3) is 0.0556. The van der Waals surface area contributed by atoms with Gasteiger partial charge in [-0.1, -0.05) is 36.1 Å². The highest BCUT2D eigenvalue weighted by atomic mass is 32.2. The number of hydrogen-bond donors (Lipinski definition) is 1. The third-order valence-corrected chi connectivity index (χ3v) is 5.66. The maximum absolute atomic E-state index is 11.8. The van der Waals surface area contributed by atoms with Gasteiger partial charge in [-0.3, -0.25) is 9.78 Å². The molecule has 4 nitrogen and oxygen atoms in total. The van der Waals surface area contributed by atoms with Crippen LogP contribution in [-0.4, -0.2) is 21.5 Å². The van der Waals surface area contributed by atoms with Gasteiger partial charge >= 0.3 is 0 Å². The maximum atomic E-state index is 11.8. The summed E-state index contributed by atoms with van der Waals surface area (Å²) in [4.78, 5) is 17.9. The number of fused-ring (bicyclic) bond motifs is 1. The van der Waals surface area contributed by atoms with Gasteiger partial charge in [0, 0.05) is 34.3 Å². The van der Waals surface area contributed by atoms with Crippen molar-refractivity contribution >= 4 is 63.0 Å². The first-order chi connectivity index (χ1) is 12.1. The molecule has 1 aliphatic heterocycles. The summed E-state index contributed by atoms with van der Waals surface area (Å²) >= 11 is 7.94. The van der Waals surface area contributed by atoms with Crippen molar-refractivity contribution in [2.75, 3.05) is 6.26 Å². The van der Waals surface area contributed by atoms with E-state index < -0.39 is 0 Å². The summed E-state index contributed by atoms with van der Waals surface area (Å²) in [7, 11) is 0. The Hall–Kier alpha value is -2.09. The Bertz CT molecular complexity index is 1020. The van der Waals surface area contributed by atoms with E-state index in [0.29, 0.717) is 15.0 Å². The molecule has 1 N–H and O–H groups in total. The monoisotopic (exact) mass is 384 g/mol. The summed E-state index contributed by atoms with van der Waals surface area (Å²) in [6.07, 6.45) is 7.31. The van der Waals surface area contributed by atoms with Crippen LogP contribution in [0, 0.1) is 0 Å². The van der Waals surface area contributed by atoms with Crippen LogP contribution in [0.5, 0.6) is 0 Å². The summed E-state index contributed by atoms with van der Waals surface area (Å²) in [6.45, 7) is 0. The zero-order valence-corrected chi connectivity index (χ0v) is 15.6. The van der Waals surface area contributed by atoms with Crippen LogP contribution < -0.4 is 5.32 Å². The lowest BCUT2D eigenvalue weighted by Gasteiger charge is -2.03. The lowest BCUT2D eigenvalue weighted by Crippen LogP contribution is -2.17. The van der Waals surface area contributed by atoms with Crippen molar-refractivity contribution in [3.05, 3.63) is 53.4 Å². The molecule has 124 valence electrons. The van der Waals surface area contributed by atoms with Gasteiger partial charge in [-0.15, -0.1) is 11.8 Å². The van der Waals surface area contributed by atoms with Crippen molar-refractivity contribution in [2.45, 2.75) is 4.90 Å². The summed E-state index contributed by atoms with van der Waals surface area (Å²) in [5.74, 6) is 0.411. The topological polar surface area (TPSA) is 55.1 Å². The molecule has 0 atom stereocenters. The van der Waals surface area contributed by atoms with E-state index in [1.807, 2.05) is 12.3 Å². The molecular formula is C18H12N2O2S3. The number of hydrogen-bond acceptors (Lipinski definition) is 6. The predicted octanol–water partition coefficient (Wildman–Crippen LogP) is 4.71. The zero-order chi connectivity index (χ0) is 17.4. The van der Waals surface area contributed by atoms with Crippen LogP contribution in [0.4, 0.5) is 0 Å². The minimum atomic E-state index is -0.193. The molecule has 0 radical (unpaired) electrons. The molecule has 2 aromatic heterocycles. The fourth-order valence-electron chi connectivity index (χ4n) is 2.58. The molecule has 3 heterocycles. The molecule has 4 rings (SSSR count). The Kier molecular flexibility index (Phi) is 4.37. The number of carbonyl (C=O) groups is 1. The largest absolute Gasteiger partial charge is 0.456 e. The van der Waals surface area contributed by atoms with Gasteiger partial charge in [0.15, 0.2) is 0 Å². The highest BCUT2D eigenvalue weighted by Crippen LogP contribution is 2.33. The number of nitrogens with zero attached hydrogens (tertiary/aromatic N) is 1. The number of aromatic nitrogens is 1. The number of rotatable bonds is 3. The number of pyridine rings is 1. The first-order valence-corrected chi connectivity index (χ1v) is 9.86. The van der Waals surface area contributed by atoms with Gasteiger partial charge in [-0.25, -0.2) is 0 Å². The zero-order valence-electron chi connectivity index (χ0n) is 13.1. The Morgan fingerprint density at radius 1 is 1.28 bits per heavy atom. The van der Waals surface area contributed by atoms with Crippen LogP contribution in [0.3, 0.4) is 0 Å². The molecule has 0 saturated carbocycles. The molecule has 1 aliphatic rings. The normalized spacial score (nSPS) is 16.0. The molecule has 1 saturated heterocycles. The van der Waals surface area contributed by atoms with E-state index in [1.54, 1.807) is 30.2 Å². The van der Waals surface area contributed by atoms with Crippen molar-refractivity contribution in [1.29, 1.82) is 0 Å².